The van der Waals surface area contributed by atoms with Crippen LogP contribution in [-0.4, -0.2) is 36.2 Å². The number of carbonyl (C=O) groups is 1. The van der Waals surface area contributed by atoms with Crippen molar-refractivity contribution in [2.24, 2.45) is 0 Å². The first-order chi connectivity index (χ1) is 16.8. The van der Waals surface area contributed by atoms with E-state index in [0.717, 1.165) is 21.3 Å². The molecule has 5 rings (SSSR count). The second-order valence-corrected chi connectivity index (χ2v) is 11.9. The smallest absolute Gasteiger partial charge is 0.247 e. The maximum absolute atomic E-state index is 14.0. The summed E-state index contributed by atoms with van der Waals surface area (Å²) in [6, 6.07) is 21.0. The van der Waals surface area contributed by atoms with Gasteiger partial charge in [-0.1, -0.05) is 71.0 Å². The highest BCUT2D eigenvalue weighted by Gasteiger charge is 2.42. The molecule has 1 aromatic heterocycles. The number of fused-ring (bicyclic) bond motifs is 1. The first kappa shape index (κ1) is 23.9. The Morgan fingerprint density at radius 2 is 1.86 bits per heavy atom. The van der Waals surface area contributed by atoms with Gasteiger partial charge in [0.15, 0.2) is 5.13 Å². The average molecular weight is 526 g/mol. The molecule has 1 atom stereocenters. The SMILES string of the molecule is Cc1ccc(S(=O)(=O)N2CCCC2C(=O)N(Cc2ccccc2)c2nc3ccc(Cl)cc3s2)cc1. The Morgan fingerprint density at radius 3 is 2.60 bits per heavy atom. The summed E-state index contributed by atoms with van der Waals surface area (Å²) in [4.78, 5) is 20.5. The van der Waals surface area contributed by atoms with Gasteiger partial charge < -0.3 is 0 Å². The van der Waals surface area contributed by atoms with Crippen molar-refractivity contribution in [2.45, 2.75) is 37.2 Å². The molecule has 2 heterocycles. The number of amides is 1. The fourth-order valence-electron chi connectivity index (χ4n) is 4.31. The van der Waals surface area contributed by atoms with Gasteiger partial charge in [0.05, 0.1) is 21.7 Å². The third-order valence-electron chi connectivity index (χ3n) is 6.14. The number of nitrogens with zero attached hydrogens (tertiary/aromatic N) is 3. The topological polar surface area (TPSA) is 70.6 Å². The van der Waals surface area contributed by atoms with Crippen LogP contribution in [0.2, 0.25) is 5.02 Å². The van der Waals surface area contributed by atoms with Crippen molar-refractivity contribution in [1.82, 2.24) is 9.29 Å². The molecule has 1 saturated heterocycles. The van der Waals surface area contributed by atoms with Crippen LogP contribution in [0.1, 0.15) is 24.0 Å². The molecular formula is C26H24ClN3O3S2. The number of hydrogen-bond acceptors (Lipinski definition) is 5. The Labute approximate surface area is 213 Å². The monoisotopic (exact) mass is 525 g/mol. The van der Waals surface area contributed by atoms with Crippen LogP contribution in [0.3, 0.4) is 0 Å². The zero-order valence-electron chi connectivity index (χ0n) is 19.1. The van der Waals surface area contributed by atoms with E-state index < -0.39 is 16.1 Å². The van der Waals surface area contributed by atoms with E-state index in [9.17, 15) is 13.2 Å². The molecule has 0 spiro atoms. The minimum absolute atomic E-state index is 0.201. The van der Waals surface area contributed by atoms with Gasteiger partial charge in [0.1, 0.15) is 6.04 Å². The molecule has 0 bridgehead atoms. The van der Waals surface area contributed by atoms with E-state index in [2.05, 4.69) is 0 Å². The largest absolute Gasteiger partial charge is 0.282 e. The molecule has 1 unspecified atom stereocenters. The summed E-state index contributed by atoms with van der Waals surface area (Å²) in [5, 5.41) is 1.12. The Balaban J connectivity index is 1.52. The fraction of sp³-hybridized carbons (Fsp3) is 0.231. The summed E-state index contributed by atoms with van der Waals surface area (Å²) in [6.07, 6.45) is 1.09. The number of aryl methyl sites for hydroxylation is 1. The van der Waals surface area contributed by atoms with Crippen LogP contribution in [-0.2, 0) is 21.4 Å². The number of carbonyl (C=O) groups excluding carboxylic acids is 1. The second-order valence-electron chi connectivity index (χ2n) is 8.61. The summed E-state index contributed by atoms with van der Waals surface area (Å²) in [5.74, 6) is -0.271. The fourth-order valence-corrected chi connectivity index (χ4v) is 7.20. The molecule has 0 N–H and O–H groups in total. The third-order valence-corrected chi connectivity index (χ3v) is 9.33. The molecule has 0 saturated carbocycles. The maximum Gasteiger partial charge on any atom is 0.247 e. The van der Waals surface area contributed by atoms with Gasteiger partial charge in [-0.15, -0.1) is 0 Å². The Morgan fingerprint density at radius 1 is 1.11 bits per heavy atom. The molecule has 1 aliphatic heterocycles. The molecule has 9 heteroatoms. The lowest BCUT2D eigenvalue weighted by Gasteiger charge is -2.28. The molecule has 35 heavy (non-hydrogen) atoms. The molecule has 1 fully saturated rings. The standard InChI is InChI=1S/C26H24ClN3O3S2/c1-18-9-12-21(13-10-18)35(32,33)30-15-5-8-23(30)25(31)29(17-19-6-3-2-4-7-19)26-28-22-14-11-20(27)16-24(22)34-26/h2-4,6-7,9-14,16,23H,5,8,15,17H2,1H3. The molecule has 0 aliphatic carbocycles. The number of benzene rings is 3. The average Bonchev–Trinajstić information content (AvgIpc) is 3.50. The highest BCUT2D eigenvalue weighted by Crippen LogP contribution is 2.34. The summed E-state index contributed by atoms with van der Waals surface area (Å²) in [5.41, 5.74) is 2.66. The molecule has 1 amide bonds. The van der Waals surface area contributed by atoms with Crippen LogP contribution >= 0.6 is 22.9 Å². The van der Waals surface area contributed by atoms with E-state index in [1.54, 1.807) is 35.2 Å². The molecule has 3 aromatic carbocycles. The number of halogens is 1. The Bertz CT molecular complexity index is 1470. The maximum atomic E-state index is 14.0. The van der Waals surface area contributed by atoms with E-state index in [1.807, 2.05) is 49.4 Å². The zero-order valence-corrected chi connectivity index (χ0v) is 21.5. The molecule has 180 valence electrons. The van der Waals surface area contributed by atoms with Gasteiger partial charge in [0.25, 0.3) is 0 Å². The van der Waals surface area contributed by atoms with Crippen LogP contribution in [0, 0.1) is 6.92 Å². The highest BCUT2D eigenvalue weighted by molar-refractivity contribution is 7.89. The molecule has 4 aromatic rings. The van der Waals surface area contributed by atoms with Crippen LogP contribution < -0.4 is 4.90 Å². The van der Waals surface area contributed by atoms with Crippen LogP contribution in [0.5, 0.6) is 0 Å². The lowest BCUT2D eigenvalue weighted by atomic mass is 10.1. The van der Waals surface area contributed by atoms with Gasteiger partial charge >= 0.3 is 0 Å². The van der Waals surface area contributed by atoms with Crippen molar-refractivity contribution in [3.63, 3.8) is 0 Å². The zero-order chi connectivity index (χ0) is 24.6. The first-order valence-electron chi connectivity index (χ1n) is 11.3. The highest BCUT2D eigenvalue weighted by atomic mass is 35.5. The van der Waals surface area contributed by atoms with Gasteiger partial charge in [-0.25, -0.2) is 13.4 Å². The second kappa shape index (κ2) is 9.70. The summed E-state index contributed by atoms with van der Waals surface area (Å²) in [7, 11) is -3.82. The van der Waals surface area contributed by atoms with Crippen molar-refractivity contribution in [2.75, 3.05) is 11.4 Å². The number of sulfonamides is 1. The van der Waals surface area contributed by atoms with Gasteiger partial charge in [0.2, 0.25) is 15.9 Å². The van der Waals surface area contributed by atoms with E-state index in [4.69, 9.17) is 16.6 Å². The summed E-state index contributed by atoms with van der Waals surface area (Å²) < 4.78 is 29.2. The van der Waals surface area contributed by atoms with Gasteiger partial charge in [0, 0.05) is 11.6 Å². The van der Waals surface area contributed by atoms with Crippen molar-refractivity contribution < 1.29 is 13.2 Å². The number of hydrogen-bond donors (Lipinski definition) is 0. The molecule has 6 nitrogen and oxygen atoms in total. The van der Waals surface area contributed by atoms with Crippen LogP contribution in [0.25, 0.3) is 10.2 Å². The van der Waals surface area contributed by atoms with E-state index in [0.29, 0.717) is 36.1 Å². The predicted molar refractivity (Wildman–Crippen MR) is 140 cm³/mol. The van der Waals surface area contributed by atoms with E-state index in [1.165, 1.54) is 15.6 Å². The summed E-state index contributed by atoms with van der Waals surface area (Å²) in [6.45, 7) is 2.51. The molecular weight excluding hydrogens is 502 g/mol. The first-order valence-corrected chi connectivity index (χ1v) is 14.0. The number of thiazole rings is 1. The van der Waals surface area contributed by atoms with Crippen molar-refractivity contribution in [3.05, 3.63) is 88.9 Å². The van der Waals surface area contributed by atoms with Gasteiger partial charge in [-0.3, -0.25) is 9.69 Å². The lowest BCUT2D eigenvalue weighted by Crippen LogP contribution is -2.47. The van der Waals surface area contributed by atoms with Gasteiger partial charge in [-0.2, -0.15) is 4.31 Å². The lowest BCUT2D eigenvalue weighted by molar-refractivity contribution is -0.121. The van der Waals surface area contributed by atoms with Crippen LogP contribution in [0.4, 0.5) is 5.13 Å². The van der Waals surface area contributed by atoms with Crippen LogP contribution in [0.15, 0.2) is 77.7 Å². The number of aromatic nitrogens is 1. The Kier molecular flexibility index (Phi) is 6.63. The van der Waals surface area contributed by atoms with Crippen molar-refractivity contribution in [3.8, 4) is 0 Å². The van der Waals surface area contributed by atoms with Gasteiger partial charge in [-0.05, 0) is 55.7 Å². The number of rotatable bonds is 6. The van der Waals surface area contributed by atoms with Crippen molar-refractivity contribution in [1.29, 1.82) is 0 Å². The minimum Gasteiger partial charge on any atom is -0.282 e. The van der Waals surface area contributed by atoms with Crippen molar-refractivity contribution >= 4 is 54.2 Å². The summed E-state index contributed by atoms with van der Waals surface area (Å²) >= 11 is 7.54. The minimum atomic E-state index is -3.82. The molecule has 1 aliphatic rings. The quantitative estimate of drug-likeness (QED) is 0.326. The van der Waals surface area contributed by atoms with E-state index in [-0.39, 0.29) is 10.8 Å². The third kappa shape index (κ3) is 4.84. The Hall–Kier alpha value is -2.78. The van der Waals surface area contributed by atoms with E-state index >= 15 is 0 Å². The molecule has 0 radical (unpaired) electrons. The predicted octanol–water partition coefficient (Wildman–Crippen LogP) is 5.64. The number of anilines is 1. The normalized spacial score (nSPS) is 16.6.